The van der Waals surface area contributed by atoms with E-state index in [1.54, 1.807) is 12.1 Å². The van der Waals surface area contributed by atoms with Crippen LogP contribution in [0.2, 0.25) is 0 Å². The number of amides is 2. The van der Waals surface area contributed by atoms with Gasteiger partial charge in [-0.15, -0.1) is 0 Å². The van der Waals surface area contributed by atoms with Gasteiger partial charge in [0.1, 0.15) is 5.92 Å². The Bertz CT molecular complexity index is 864. The molecule has 3 rings (SSSR count). The summed E-state index contributed by atoms with van der Waals surface area (Å²) in [7, 11) is 0. The molecule has 3 atom stereocenters. The van der Waals surface area contributed by atoms with Gasteiger partial charge in [-0.1, -0.05) is 60.7 Å². The number of carbonyl (C=O) groups excluding carboxylic acids is 2. The number of alkyl halides is 4. The molecule has 1 aliphatic rings. The standard InChI is InChI=1S/C19H16F4N2O3/c20-16(21)18(22,23)19(28)13(15(26)12-9-5-2-6-10-12)14(24-17(27)25-19)11-7-3-1-4-8-11/h1-10,13-14,16,28H,(H2,24,25,27)/t13-,14-,19-/m0/s1. The molecule has 0 aliphatic carbocycles. The molecule has 5 nitrogen and oxygen atoms in total. The molecule has 0 saturated carbocycles. The lowest BCUT2D eigenvalue weighted by atomic mass is 9.75. The summed E-state index contributed by atoms with van der Waals surface area (Å²) >= 11 is 0. The maximum Gasteiger partial charge on any atom is 0.354 e. The van der Waals surface area contributed by atoms with Crippen LogP contribution in [0.25, 0.3) is 0 Å². The molecular formula is C19H16F4N2O3. The van der Waals surface area contributed by atoms with Gasteiger partial charge in [-0.05, 0) is 5.56 Å². The highest BCUT2D eigenvalue weighted by molar-refractivity contribution is 6.00. The normalized spacial score (nSPS) is 25.1. The zero-order chi connectivity index (χ0) is 20.5. The summed E-state index contributed by atoms with van der Waals surface area (Å²) in [6, 6.07) is 11.9. The Morgan fingerprint density at radius 1 is 1.04 bits per heavy atom. The number of aliphatic hydroxyl groups is 1. The average Bonchev–Trinajstić information content (AvgIpc) is 2.68. The summed E-state index contributed by atoms with van der Waals surface area (Å²) in [4.78, 5) is 25.0. The Morgan fingerprint density at radius 3 is 2.11 bits per heavy atom. The number of rotatable bonds is 5. The highest BCUT2D eigenvalue weighted by Gasteiger charge is 2.69. The molecule has 3 N–H and O–H groups in total. The van der Waals surface area contributed by atoms with Crippen molar-refractivity contribution in [3.05, 3.63) is 71.8 Å². The van der Waals surface area contributed by atoms with Crippen molar-refractivity contribution < 1.29 is 32.3 Å². The van der Waals surface area contributed by atoms with Crippen LogP contribution in [-0.2, 0) is 0 Å². The molecule has 9 heteroatoms. The molecular weight excluding hydrogens is 380 g/mol. The summed E-state index contributed by atoms with van der Waals surface area (Å²) in [5, 5.41) is 14.4. The van der Waals surface area contributed by atoms with Gasteiger partial charge in [-0.25, -0.2) is 13.6 Å². The van der Waals surface area contributed by atoms with Gasteiger partial charge in [-0.3, -0.25) is 4.79 Å². The zero-order valence-electron chi connectivity index (χ0n) is 14.3. The fraction of sp³-hybridized carbons (Fsp3) is 0.263. The molecule has 0 radical (unpaired) electrons. The molecule has 0 spiro atoms. The Morgan fingerprint density at radius 2 is 1.57 bits per heavy atom. The van der Waals surface area contributed by atoms with Gasteiger partial charge in [0, 0.05) is 5.56 Å². The van der Waals surface area contributed by atoms with E-state index in [0.717, 1.165) is 0 Å². The van der Waals surface area contributed by atoms with Gasteiger partial charge in [0.05, 0.1) is 6.04 Å². The average molecular weight is 396 g/mol. The van der Waals surface area contributed by atoms with E-state index in [-0.39, 0.29) is 11.1 Å². The lowest BCUT2D eigenvalue weighted by molar-refractivity contribution is -0.269. The third-order valence-electron chi connectivity index (χ3n) is 4.66. The van der Waals surface area contributed by atoms with E-state index in [1.165, 1.54) is 53.8 Å². The SMILES string of the molecule is O=C1N[C@@H](c2ccccc2)[C@@H](C(=O)c2ccccc2)[C@](O)(C(F)(F)C(F)F)N1. The first-order valence-corrected chi connectivity index (χ1v) is 8.29. The number of urea groups is 1. The van der Waals surface area contributed by atoms with Crippen LogP contribution in [0.3, 0.4) is 0 Å². The summed E-state index contributed by atoms with van der Waals surface area (Å²) < 4.78 is 55.1. The molecule has 0 aromatic heterocycles. The summed E-state index contributed by atoms with van der Waals surface area (Å²) in [6.07, 6.45) is -4.32. The molecule has 1 fully saturated rings. The first-order chi connectivity index (χ1) is 13.2. The Balaban J connectivity index is 2.19. The number of ketones is 1. The Labute approximate surface area is 157 Å². The lowest BCUT2D eigenvalue weighted by Crippen LogP contribution is -2.75. The number of Topliss-reactive ketones (excluding diaryl/α,β-unsaturated/α-hetero) is 1. The smallest absolute Gasteiger partial charge is 0.354 e. The number of benzene rings is 2. The van der Waals surface area contributed by atoms with Crippen molar-refractivity contribution in [1.82, 2.24) is 10.6 Å². The Hall–Kier alpha value is -2.94. The number of halogens is 4. The molecule has 2 aromatic rings. The highest BCUT2D eigenvalue weighted by Crippen LogP contribution is 2.45. The minimum Gasteiger partial charge on any atom is -0.365 e. The zero-order valence-corrected chi connectivity index (χ0v) is 14.3. The van der Waals surface area contributed by atoms with Crippen LogP contribution in [0.5, 0.6) is 0 Å². The minimum absolute atomic E-state index is 0.0742. The minimum atomic E-state index is -5.09. The van der Waals surface area contributed by atoms with E-state index in [0.29, 0.717) is 0 Å². The van der Waals surface area contributed by atoms with Gasteiger partial charge < -0.3 is 15.7 Å². The lowest BCUT2D eigenvalue weighted by Gasteiger charge is -2.47. The summed E-state index contributed by atoms with van der Waals surface area (Å²) in [6.45, 7) is 0. The van der Waals surface area contributed by atoms with Crippen molar-refractivity contribution in [3.8, 4) is 0 Å². The summed E-state index contributed by atoms with van der Waals surface area (Å²) in [5.41, 5.74) is -3.68. The van der Waals surface area contributed by atoms with Crippen molar-refractivity contribution in [2.45, 2.75) is 24.1 Å². The second-order valence-electron chi connectivity index (χ2n) is 6.38. The first-order valence-electron chi connectivity index (χ1n) is 8.29. The molecule has 1 saturated heterocycles. The maximum atomic E-state index is 14.4. The van der Waals surface area contributed by atoms with E-state index < -0.39 is 41.8 Å². The molecule has 2 aromatic carbocycles. The van der Waals surface area contributed by atoms with Gasteiger partial charge in [0.15, 0.2) is 5.78 Å². The fourth-order valence-electron chi connectivity index (χ4n) is 3.27. The topological polar surface area (TPSA) is 78.4 Å². The molecule has 28 heavy (non-hydrogen) atoms. The maximum absolute atomic E-state index is 14.4. The second-order valence-corrected chi connectivity index (χ2v) is 6.38. The van der Waals surface area contributed by atoms with Crippen molar-refractivity contribution in [2.75, 3.05) is 0 Å². The Kier molecular flexibility index (Phi) is 5.12. The van der Waals surface area contributed by atoms with Crippen LogP contribution in [0, 0.1) is 5.92 Å². The largest absolute Gasteiger partial charge is 0.365 e. The molecule has 2 amide bonds. The third kappa shape index (κ3) is 3.22. The van der Waals surface area contributed by atoms with E-state index in [4.69, 9.17) is 0 Å². The number of hydrogen-bond donors (Lipinski definition) is 3. The third-order valence-corrected chi connectivity index (χ3v) is 4.66. The van der Waals surface area contributed by atoms with Crippen molar-refractivity contribution >= 4 is 11.8 Å². The van der Waals surface area contributed by atoms with Gasteiger partial charge in [-0.2, -0.15) is 8.78 Å². The van der Waals surface area contributed by atoms with Gasteiger partial charge >= 0.3 is 18.4 Å². The molecule has 0 bridgehead atoms. The van der Waals surface area contributed by atoms with E-state index >= 15 is 0 Å². The molecule has 148 valence electrons. The second kappa shape index (κ2) is 7.23. The van der Waals surface area contributed by atoms with E-state index in [2.05, 4.69) is 5.32 Å². The molecule has 1 heterocycles. The quantitative estimate of drug-likeness (QED) is 0.537. The highest BCUT2D eigenvalue weighted by atomic mass is 19.3. The van der Waals surface area contributed by atoms with Crippen LogP contribution < -0.4 is 10.6 Å². The predicted molar refractivity (Wildman–Crippen MR) is 91.0 cm³/mol. The van der Waals surface area contributed by atoms with Crippen LogP contribution in [0.1, 0.15) is 22.0 Å². The van der Waals surface area contributed by atoms with E-state index in [1.807, 2.05) is 0 Å². The van der Waals surface area contributed by atoms with Gasteiger partial charge in [0.2, 0.25) is 5.72 Å². The van der Waals surface area contributed by atoms with Crippen LogP contribution >= 0.6 is 0 Å². The number of nitrogens with one attached hydrogen (secondary N) is 2. The number of hydrogen-bond acceptors (Lipinski definition) is 3. The fourth-order valence-corrected chi connectivity index (χ4v) is 3.27. The van der Waals surface area contributed by atoms with Gasteiger partial charge in [0.25, 0.3) is 0 Å². The first kappa shape index (κ1) is 19.8. The van der Waals surface area contributed by atoms with Crippen molar-refractivity contribution in [2.24, 2.45) is 5.92 Å². The summed E-state index contributed by atoms with van der Waals surface area (Å²) in [5.74, 6) is -8.24. The molecule has 0 unspecified atom stereocenters. The monoisotopic (exact) mass is 396 g/mol. The van der Waals surface area contributed by atoms with E-state index in [9.17, 15) is 32.3 Å². The number of carbonyl (C=O) groups is 2. The van der Waals surface area contributed by atoms with Crippen molar-refractivity contribution in [1.29, 1.82) is 0 Å². The van der Waals surface area contributed by atoms with Crippen molar-refractivity contribution in [3.63, 3.8) is 0 Å². The predicted octanol–water partition coefficient (Wildman–Crippen LogP) is 3.13. The van der Waals surface area contributed by atoms with Crippen LogP contribution in [0.4, 0.5) is 22.4 Å². The van der Waals surface area contributed by atoms with Crippen LogP contribution in [-0.4, -0.2) is 35.0 Å². The molecule has 1 aliphatic heterocycles. The van der Waals surface area contributed by atoms with Crippen LogP contribution in [0.15, 0.2) is 60.7 Å².